The van der Waals surface area contributed by atoms with Gasteiger partial charge < -0.3 is 15.5 Å². The fourth-order valence-electron chi connectivity index (χ4n) is 2.63. The van der Waals surface area contributed by atoms with Gasteiger partial charge in [-0.05, 0) is 57.6 Å². The van der Waals surface area contributed by atoms with Crippen molar-refractivity contribution in [2.75, 3.05) is 39.5 Å². The molecule has 1 fully saturated rings. The van der Waals surface area contributed by atoms with Gasteiger partial charge in [-0.25, -0.2) is 0 Å². The van der Waals surface area contributed by atoms with Crippen LogP contribution in [0, 0.1) is 0 Å². The van der Waals surface area contributed by atoms with Crippen molar-refractivity contribution < 1.29 is 0 Å². The monoisotopic (exact) mass is 247 g/mol. The Hall–Kier alpha value is -1.06. The minimum absolute atomic E-state index is 0.727. The summed E-state index contributed by atoms with van der Waals surface area (Å²) in [6, 6.07) is 9.00. The number of nitrogens with zero attached hydrogens (tertiary/aromatic N) is 2. The highest BCUT2D eigenvalue weighted by Crippen LogP contribution is 2.14. The first kappa shape index (κ1) is 13.4. The molecule has 2 N–H and O–H groups in total. The summed E-state index contributed by atoms with van der Waals surface area (Å²) in [7, 11) is 4.38. The first-order chi connectivity index (χ1) is 8.65. The summed E-state index contributed by atoms with van der Waals surface area (Å²) in [4.78, 5) is 4.94. The van der Waals surface area contributed by atoms with E-state index in [2.05, 4.69) is 36.0 Å². The Labute approximate surface area is 111 Å². The number of nitrogen functional groups attached to an aromatic ring is 1. The number of benzene rings is 1. The van der Waals surface area contributed by atoms with Gasteiger partial charge >= 0.3 is 0 Å². The maximum atomic E-state index is 5.70. The van der Waals surface area contributed by atoms with Crippen LogP contribution in [0.4, 0.5) is 5.69 Å². The second-order valence-electron chi connectivity index (χ2n) is 5.55. The van der Waals surface area contributed by atoms with Crippen LogP contribution in [-0.4, -0.2) is 49.6 Å². The van der Waals surface area contributed by atoms with Crippen LogP contribution >= 0.6 is 0 Å². The van der Waals surface area contributed by atoms with Crippen molar-refractivity contribution in [3.05, 3.63) is 29.8 Å². The summed E-state index contributed by atoms with van der Waals surface area (Å²) >= 11 is 0. The number of anilines is 1. The number of rotatable bonds is 4. The van der Waals surface area contributed by atoms with Crippen LogP contribution in [-0.2, 0) is 6.42 Å². The van der Waals surface area contributed by atoms with E-state index >= 15 is 0 Å². The zero-order valence-electron chi connectivity index (χ0n) is 11.6. The van der Waals surface area contributed by atoms with Gasteiger partial charge in [-0.1, -0.05) is 12.1 Å². The molecule has 1 saturated heterocycles. The standard InChI is InChI=1S/C15H25N3/c1-17(2)15-4-3-10-18(12-15)11-9-13-5-7-14(16)8-6-13/h5-8,15H,3-4,9-12,16H2,1-2H3. The van der Waals surface area contributed by atoms with Gasteiger partial charge in [0.25, 0.3) is 0 Å². The Morgan fingerprint density at radius 3 is 2.67 bits per heavy atom. The molecule has 0 bridgehead atoms. The second-order valence-corrected chi connectivity index (χ2v) is 5.55. The summed E-state index contributed by atoms with van der Waals surface area (Å²) in [6.45, 7) is 3.62. The smallest absolute Gasteiger partial charge is 0.0314 e. The van der Waals surface area contributed by atoms with E-state index in [1.165, 1.54) is 31.5 Å². The highest BCUT2D eigenvalue weighted by Gasteiger charge is 2.20. The number of nitrogens with two attached hydrogens (primary N) is 1. The van der Waals surface area contributed by atoms with Crippen LogP contribution in [0.25, 0.3) is 0 Å². The normalized spacial score (nSPS) is 21.4. The zero-order chi connectivity index (χ0) is 13.0. The molecule has 100 valence electrons. The summed E-state index contributed by atoms with van der Waals surface area (Å²) < 4.78 is 0. The zero-order valence-corrected chi connectivity index (χ0v) is 11.6. The fourth-order valence-corrected chi connectivity index (χ4v) is 2.63. The van der Waals surface area contributed by atoms with Gasteiger partial charge in [0.1, 0.15) is 0 Å². The number of likely N-dealkylation sites (tertiary alicyclic amines) is 1. The summed E-state index contributed by atoms with van der Waals surface area (Å²) in [6.07, 6.45) is 3.79. The van der Waals surface area contributed by atoms with E-state index in [4.69, 9.17) is 5.73 Å². The Balaban J connectivity index is 1.81. The topological polar surface area (TPSA) is 32.5 Å². The van der Waals surface area contributed by atoms with Crippen molar-refractivity contribution in [1.29, 1.82) is 0 Å². The highest BCUT2D eigenvalue weighted by molar-refractivity contribution is 5.39. The average molecular weight is 247 g/mol. The molecule has 1 aromatic rings. The fraction of sp³-hybridized carbons (Fsp3) is 0.600. The first-order valence-corrected chi connectivity index (χ1v) is 6.88. The van der Waals surface area contributed by atoms with E-state index in [1.807, 2.05) is 12.1 Å². The molecule has 0 aliphatic carbocycles. The van der Waals surface area contributed by atoms with Gasteiger partial charge in [0.2, 0.25) is 0 Å². The molecule has 1 aliphatic heterocycles. The third-order valence-corrected chi connectivity index (χ3v) is 3.91. The second kappa shape index (κ2) is 6.21. The van der Waals surface area contributed by atoms with Gasteiger partial charge in [-0.3, -0.25) is 0 Å². The lowest BCUT2D eigenvalue weighted by Crippen LogP contribution is -2.45. The summed E-state index contributed by atoms with van der Waals surface area (Å²) in [5.74, 6) is 0. The van der Waals surface area contributed by atoms with Crippen LogP contribution in [0.3, 0.4) is 0 Å². The molecule has 0 saturated carbocycles. The van der Waals surface area contributed by atoms with Crippen molar-refractivity contribution in [3.63, 3.8) is 0 Å². The maximum absolute atomic E-state index is 5.70. The predicted molar refractivity (Wildman–Crippen MR) is 77.7 cm³/mol. The van der Waals surface area contributed by atoms with Gasteiger partial charge in [0.05, 0.1) is 0 Å². The molecule has 18 heavy (non-hydrogen) atoms. The van der Waals surface area contributed by atoms with Crippen molar-refractivity contribution >= 4 is 5.69 Å². The molecule has 1 aromatic carbocycles. The van der Waals surface area contributed by atoms with Gasteiger partial charge in [-0.2, -0.15) is 0 Å². The van der Waals surface area contributed by atoms with Crippen LogP contribution in [0.2, 0.25) is 0 Å². The Kier molecular flexibility index (Phi) is 4.61. The summed E-state index contributed by atoms with van der Waals surface area (Å²) in [5.41, 5.74) is 7.94. The first-order valence-electron chi connectivity index (χ1n) is 6.88. The quantitative estimate of drug-likeness (QED) is 0.824. The number of hydrogen-bond donors (Lipinski definition) is 1. The Morgan fingerprint density at radius 1 is 1.28 bits per heavy atom. The van der Waals surface area contributed by atoms with Crippen molar-refractivity contribution in [3.8, 4) is 0 Å². The third-order valence-electron chi connectivity index (χ3n) is 3.91. The molecule has 3 nitrogen and oxygen atoms in total. The average Bonchev–Trinajstić information content (AvgIpc) is 2.38. The number of hydrogen-bond acceptors (Lipinski definition) is 3. The van der Waals surface area contributed by atoms with E-state index < -0.39 is 0 Å². The molecule has 0 radical (unpaired) electrons. The Bertz CT molecular complexity index is 359. The molecule has 2 rings (SSSR count). The van der Waals surface area contributed by atoms with E-state index in [-0.39, 0.29) is 0 Å². The largest absolute Gasteiger partial charge is 0.399 e. The molecule has 0 amide bonds. The lowest BCUT2D eigenvalue weighted by atomic mass is 10.0. The molecule has 0 spiro atoms. The van der Waals surface area contributed by atoms with Gasteiger partial charge in [0, 0.05) is 24.8 Å². The summed E-state index contributed by atoms with van der Waals surface area (Å²) in [5, 5.41) is 0. The van der Waals surface area contributed by atoms with Gasteiger partial charge in [-0.15, -0.1) is 0 Å². The molecule has 1 atom stereocenters. The predicted octanol–water partition coefficient (Wildman–Crippen LogP) is 1.84. The van der Waals surface area contributed by atoms with Crippen LogP contribution in [0.1, 0.15) is 18.4 Å². The van der Waals surface area contributed by atoms with Crippen molar-refractivity contribution in [2.24, 2.45) is 0 Å². The molecule has 3 heteroatoms. The Morgan fingerprint density at radius 2 is 2.00 bits per heavy atom. The minimum Gasteiger partial charge on any atom is -0.399 e. The third kappa shape index (κ3) is 3.72. The van der Waals surface area contributed by atoms with Crippen molar-refractivity contribution in [2.45, 2.75) is 25.3 Å². The van der Waals surface area contributed by atoms with Gasteiger partial charge in [0.15, 0.2) is 0 Å². The van der Waals surface area contributed by atoms with E-state index in [9.17, 15) is 0 Å². The highest BCUT2D eigenvalue weighted by atomic mass is 15.2. The molecular formula is C15H25N3. The molecule has 1 aliphatic rings. The van der Waals surface area contributed by atoms with E-state index in [0.717, 1.165) is 24.7 Å². The lowest BCUT2D eigenvalue weighted by Gasteiger charge is -2.36. The molecule has 0 aromatic heterocycles. The van der Waals surface area contributed by atoms with Crippen LogP contribution in [0.15, 0.2) is 24.3 Å². The number of likely N-dealkylation sites (N-methyl/N-ethyl adjacent to an activating group) is 1. The van der Waals surface area contributed by atoms with E-state index in [1.54, 1.807) is 0 Å². The molecular weight excluding hydrogens is 222 g/mol. The lowest BCUT2D eigenvalue weighted by molar-refractivity contribution is 0.134. The minimum atomic E-state index is 0.727. The molecule has 1 unspecified atom stereocenters. The number of piperidine rings is 1. The van der Waals surface area contributed by atoms with Crippen molar-refractivity contribution in [1.82, 2.24) is 9.80 Å². The van der Waals surface area contributed by atoms with E-state index in [0.29, 0.717) is 0 Å². The van der Waals surface area contributed by atoms with Crippen LogP contribution in [0.5, 0.6) is 0 Å². The molecule has 1 heterocycles. The maximum Gasteiger partial charge on any atom is 0.0314 e. The SMILES string of the molecule is CN(C)C1CCCN(CCc2ccc(N)cc2)C1. The van der Waals surface area contributed by atoms with Crippen LogP contribution < -0.4 is 5.73 Å².